The summed E-state index contributed by atoms with van der Waals surface area (Å²) in [5.74, 6) is 1.19. The van der Waals surface area contributed by atoms with Gasteiger partial charge in [-0.2, -0.15) is 0 Å². The Kier molecular flexibility index (Phi) is 10.3. The van der Waals surface area contributed by atoms with Crippen LogP contribution in [0.3, 0.4) is 0 Å². The second-order valence-electron chi connectivity index (χ2n) is 20.1. The number of allylic oxidation sites excluding steroid dienone is 6. The van der Waals surface area contributed by atoms with E-state index in [1.54, 1.807) is 0 Å². The molecule has 5 atom stereocenters. The minimum atomic E-state index is -0.376. The van der Waals surface area contributed by atoms with Crippen molar-refractivity contribution in [2.45, 2.75) is 36.6 Å². The number of amidine groups is 1. The Morgan fingerprint density at radius 1 is 0.493 bits per heavy atom. The van der Waals surface area contributed by atoms with Gasteiger partial charge in [0.2, 0.25) is 0 Å². The summed E-state index contributed by atoms with van der Waals surface area (Å²) in [5.41, 5.74) is 17.8. The van der Waals surface area contributed by atoms with Gasteiger partial charge in [-0.1, -0.05) is 218 Å². The van der Waals surface area contributed by atoms with Gasteiger partial charge in [-0.25, -0.2) is 4.99 Å². The van der Waals surface area contributed by atoms with Crippen LogP contribution in [0.25, 0.3) is 71.7 Å². The van der Waals surface area contributed by atoms with E-state index >= 15 is 0 Å². The van der Waals surface area contributed by atoms with Crippen molar-refractivity contribution in [3.8, 4) is 27.9 Å². The molecular formula is C69H51N5O. The van der Waals surface area contributed by atoms with E-state index in [1.807, 2.05) is 0 Å². The number of furan rings is 1. The van der Waals surface area contributed by atoms with Crippen LogP contribution in [0.15, 0.2) is 264 Å². The number of rotatable bonds is 8. The number of aromatic nitrogens is 1. The Bertz CT molecular complexity index is 4210. The smallest absolute Gasteiger partial charge is 0.160 e. The van der Waals surface area contributed by atoms with Crippen molar-refractivity contribution < 1.29 is 4.42 Å². The van der Waals surface area contributed by atoms with Crippen LogP contribution >= 0.6 is 0 Å². The van der Waals surface area contributed by atoms with E-state index in [1.165, 1.54) is 33.2 Å². The third-order valence-corrected chi connectivity index (χ3v) is 16.0. The maximum absolute atomic E-state index is 7.59. The van der Waals surface area contributed by atoms with E-state index in [2.05, 4.69) is 275 Å². The molecule has 0 bridgehead atoms. The molecule has 0 saturated heterocycles. The molecule has 11 aromatic rings. The fourth-order valence-corrected chi connectivity index (χ4v) is 12.5. The molecule has 75 heavy (non-hydrogen) atoms. The number of anilines is 2. The van der Waals surface area contributed by atoms with E-state index in [4.69, 9.17) is 9.41 Å². The Hall–Kier alpha value is -9.23. The van der Waals surface area contributed by atoms with Crippen LogP contribution in [-0.2, 0) is 0 Å². The van der Waals surface area contributed by atoms with Crippen LogP contribution in [0.1, 0.15) is 58.4 Å². The van der Waals surface area contributed by atoms with Crippen LogP contribution in [0, 0.1) is 0 Å². The molecule has 0 radical (unpaired) electrons. The van der Waals surface area contributed by atoms with Crippen molar-refractivity contribution in [3.05, 3.63) is 283 Å². The number of hydrogen-bond acceptors (Lipinski definition) is 5. The highest BCUT2D eigenvalue weighted by atomic mass is 16.3. The molecule has 2 aromatic heterocycles. The SMILES string of the molecule is C1=CCC(c2ccccc2-n2c3ccccc3c3ccc4c5ccc6c(c5oc4c32)N(c2ccccc2C2=NC(c3ccccc3-c3ccccc3)NC(c3cccc(-c4ccccc4)c3)N2)C2C=CC=CC62)C=C1. The quantitative estimate of drug-likeness (QED) is 0.159. The lowest BCUT2D eigenvalue weighted by molar-refractivity contribution is 0.409. The highest BCUT2D eigenvalue weighted by Gasteiger charge is 2.42. The molecule has 4 heterocycles. The van der Waals surface area contributed by atoms with Crippen LogP contribution < -0.4 is 15.5 Å². The lowest BCUT2D eigenvalue weighted by atomic mass is 9.91. The van der Waals surface area contributed by atoms with Crippen molar-refractivity contribution in [1.29, 1.82) is 0 Å². The van der Waals surface area contributed by atoms with E-state index in [0.29, 0.717) is 0 Å². The molecule has 5 unspecified atom stereocenters. The van der Waals surface area contributed by atoms with Crippen molar-refractivity contribution in [1.82, 2.24) is 15.2 Å². The summed E-state index contributed by atoms with van der Waals surface area (Å²) in [4.78, 5) is 8.23. The summed E-state index contributed by atoms with van der Waals surface area (Å²) in [6.45, 7) is 0. The molecule has 2 aliphatic carbocycles. The van der Waals surface area contributed by atoms with Gasteiger partial charge in [-0.05, 0) is 87.3 Å². The van der Waals surface area contributed by atoms with Gasteiger partial charge in [0.05, 0.1) is 34.1 Å². The molecule has 0 spiro atoms. The minimum absolute atomic E-state index is 0.00354. The molecule has 15 rings (SSSR count). The fraction of sp³-hybridized carbons (Fsp3) is 0.0870. The zero-order valence-electron chi connectivity index (χ0n) is 41.1. The summed E-state index contributed by atoms with van der Waals surface area (Å²) >= 11 is 0. The molecule has 0 amide bonds. The average molecular weight is 966 g/mol. The molecule has 0 saturated carbocycles. The number of hydrogen-bond donors (Lipinski definition) is 2. The largest absolute Gasteiger partial charge is 0.452 e. The number of fused-ring (bicyclic) bond motifs is 11. The van der Waals surface area contributed by atoms with E-state index in [0.717, 1.165) is 90.0 Å². The van der Waals surface area contributed by atoms with Gasteiger partial charge >= 0.3 is 0 Å². The molecule has 2 N–H and O–H groups in total. The molecule has 0 fully saturated rings. The third-order valence-electron chi connectivity index (χ3n) is 16.0. The van der Waals surface area contributed by atoms with Gasteiger partial charge in [0.1, 0.15) is 18.2 Å². The standard InChI is InChI=1S/C69H51N5O/c1-4-21-44(22-5-1)47-27-20-28-48(43-47)67-70-68(57-33-11-10-29-49(57)45-23-6-2-7-24-45)72-69(71-67)58-34-15-19-38-62(58)74-61-37-18-14-32-52(61)54-40-42-56-55-41-39-53-51-31-13-17-36-60(51)73(63(53)65(55)75-66(56)64(54)74)59-35-16-12-30-50(59)46-25-8-3-9-26-46/h1-25,27-43,46,52,61,67-68,70H,26H2,(H,71,72). The zero-order valence-corrected chi connectivity index (χ0v) is 41.1. The van der Waals surface area contributed by atoms with E-state index in [-0.39, 0.29) is 30.2 Å². The highest BCUT2D eigenvalue weighted by molar-refractivity contribution is 6.23. The molecule has 2 aliphatic heterocycles. The van der Waals surface area contributed by atoms with Crippen LogP contribution in [0.5, 0.6) is 0 Å². The molecule has 9 aromatic carbocycles. The molecule has 6 nitrogen and oxygen atoms in total. The zero-order chi connectivity index (χ0) is 49.4. The van der Waals surface area contributed by atoms with Crippen molar-refractivity contribution >= 4 is 61.0 Å². The maximum Gasteiger partial charge on any atom is 0.160 e. The number of benzene rings is 9. The average Bonchev–Trinajstić information content (AvgIpc) is 4.16. The van der Waals surface area contributed by atoms with Crippen LogP contribution in [0.4, 0.5) is 11.4 Å². The fourth-order valence-electron chi connectivity index (χ4n) is 12.5. The third kappa shape index (κ3) is 7.09. The molecule has 4 aliphatic rings. The summed E-state index contributed by atoms with van der Waals surface area (Å²) in [7, 11) is 0. The predicted molar refractivity (Wildman–Crippen MR) is 309 cm³/mol. The topological polar surface area (TPSA) is 57.7 Å². The number of para-hydroxylation sites is 3. The Morgan fingerprint density at radius 2 is 1.17 bits per heavy atom. The predicted octanol–water partition coefficient (Wildman–Crippen LogP) is 16.7. The lowest BCUT2D eigenvalue weighted by Gasteiger charge is -2.35. The molecular weight excluding hydrogens is 915 g/mol. The summed E-state index contributed by atoms with van der Waals surface area (Å²) in [6.07, 6.45) is 18.4. The van der Waals surface area contributed by atoms with Gasteiger partial charge in [-0.15, -0.1) is 0 Å². The summed E-state index contributed by atoms with van der Waals surface area (Å²) < 4.78 is 10.1. The van der Waals surface area contributed by atoms with Crippen LogP contribution in [-0.4, -0.2) is 16.4 Å². The maximum atomic E-state index is 7.59. The number of aliphatic imine (C=N–C) groups is 1. The van der Waals surface area contributed by atoms with Gasteiger partial charge in [-0.3, -0.25) is 5.32 Å². The second-order valence-corrected chi connectivity index (χ2v) is 20.1. The van der Waals surface area contributed by atoms with Gasteiger partial charge in [0.15, 0.2) is 11.2 Å². The first kappa shape index (κ1) is 43.4. The van der Waals surface area contributed by atoms with Crippen LogP contribution in [0.2, 0.25) is 0 Å². The normalized spacial score (nSPS) is 19.7. The summed E-state index contributed by atoms with van der Waals surface area (Å²) in [6, 6.07) is 74.6. The lowest BCUT2D eigenvalue weighted by Crippen LogP contribution is -2.45. The Labute approximate surface area is 435 Å². The number of nitrogens with one attached hydrogen (secondary N) is 2. The van der Waals surface area contributed by atoms with Gasteiger partial charge in [0, 0.05) is 38.9 Å². The first-order valence-corrected chi connectivity index (χ1v) is 26.2. The van der Waals surface area contributed by atoms with Crippen molar-refractivity contribution in [2.75, 3.05) is 4.90 Å². The summed E-state index contributed by atoms with van der Waals surface area (Å²) in [5, 5.41) is 12.5. The highest BCUT2D eigenvalue weighted by Crippen LogP contribution is 2.54. The van der Waals surface area contributed by atoms with Crippen molar-refractivity contribution in [2.24, 2.45) is 4.99 Å². The first-order valence-electron chi connectivity index (χ1n) is 26.2. The number of nitrogens with zero attached hydrogens (tertiary/aromatic N) is 3. The minimum Gasteiger partial charge on any atom is -0.452 e. The van der Waals surface area contributed by atoms with Gasteiger partial charge < -0.3 is 19.2 Å². The Balaban J connectivity index is 0.927. The second kappa shape index (κ2) is 17.8. The Morgan fingerprint density at radius 3 is 2.03 bits per heavy atom. The van der Waals surface area contributed by atoms with Gasteiger partial charge in [0.25, 0.3) is 0 Å². The first-order chi connectivity index (χ1) is 37.2. The monoisotopic (exact) mass is 965 g/mol. The van der Waals surface area contributed by atoms with E-state index < -0.39 is 0 Å². The molecule has 358 valence electrons. The van der Waals surface area contributed by atoms with E-state index in [9.17, 15) is 0 Å². The van der Waals surface area contributed by atoms with Crippen molar-refractivity contribution in [3.63, 3.8) is 0 Å². The molecule has 6 heteroatoms.